The van der Waals surface area contributed by atoms with Crippen LogP contribution in [-0.4, -0.2) is 41.5 Å². The summed E-state index contributed by atoms with van der Waals surface area (Å²) in [6, 6.07) is 10.7. The van der Waals surface area contributed by atoms with E-state index >= 15 is 0 Å². The standard InChI is InChI=1S/C27H25FN2O6S/c1-4-5-14-36-19-12-8-17(9-13-19)22(31)20-21(16-6-10-18(28)11-7-16)30(25(33)23(20)32)27-29-15(2)24(37-27)26(34)35-3/h6-13,21,31H,4-5,14H2,1-3H3/b22-20-. The minimum Gasteiger partial charge on any atom is -0.507 e. The number of nitrogens with zero attached hydrogens (tertiary/aromatic N) is 2. The zero-order chi connectivity index (χ0) is 26.7. The van der Waals surface area contributed by atoms with Crippen LogP contribution in [0, 0.1) is 12.7 Å². The molecule has 192 valence electrons. The second kappa shape index (κ2) is 10.9. The molecule has 1 amide bonds. The number of ether oxygens (including phenoxy) is 2. The number of esters is 1. The molecule has 1 aliphatic rings. The van der Waals surface area contributed by atoms with Crippen molar-refractivity contribution in [3.8, 4) is 5.75 Å². The van der Waals surface area contributed by atoms with Gasteiger partial charge < -0.3 is 14.6 Å². The molecule has 1 atom stereocenters. The largest absolute Gasteiger partial charge is 0.507 e. The van der Waals surface area contributed by atoms with Gasteiger partial charge in [-0.2, -0.15) is 0 Å². The van der Waals surface area contributed by atoms with E-state index in [1.807, 2.05) is 0 Å². The first-order chi connectivity index (χ1) is 17.8. The highest BCUT2D eigenvalue weighted by atomic mass is 32.1. The van der Waals surface area contributed by atoms with Gasteiger partial charge in [-0.25, -0.2) is 14.2 Å². The van der Waals surface area contributed by atoms with Crippen LogP contribution in [0.5, 0.6) is 5.75 Å². The number of methoxy groups -OCH3 is 1. The molecule has 8 nitrogen and oxygen atoms in total. The smallest absolute Gasteiger partial charge is 0.350 e. The van der Waals surface area contributed by atoms with Gasteiger partial charge in [-0.1, -0.05) is 36.8 Å². The first-order valence-electron chi connectivity index (χ1n) is 11.6. The minimum atomic E-state index is -1.10. The summed E-state index contributed by atoms with van der Waals surface area (Å²) in [5.74, 6) is -2.77. The normalized spacial score (nSPS) is 16.8. The predicted octanol–water partition coefficient (Wildman–Crippen LogP) is 5.18. The number of thiazole rings is 1. The highest BCUT2D eigenvalue weighted by molar-refractivity contribution is 7.17. The van der Waals surface area contributed by atoms with Crippen molar-refractivity contribution in [2.45, 2.75) is 32.7 Å². The number of aromatic nitrogens is 1. The molecule has 10 heteroatoms. The molecule has 0 spiro atoms. The number of carbonyl (C=O) groups excluding carboxylic acids is 3. The van der Waals surface area contributed by atoms with Crippen molar-refractivity contribution >= 4 is 39.9 Å². The Bertz CT molecular complexity index is 1360. The summed E-state index contributed by atoms with van der Waals surface area (Å²) >= 11 is 0.890. The summed E-state index contributed by atoms with van der Waals surface area (Å²) in [6.07, 6.45) is 1.89. The molecule has 1 N–H and O–H groups in total. The topological polar surface area (TPSA) is 106 Å². The van der Waals surface area contributed by atoms with Gasteiger partial charge in [-0.05, 0) is 55.3 Å². The third-order valence-electron chi connectivity index (χ3n) is 5.89. The van der Waals surface area contributed by atoms with Gasteiger partial charge in [0.25, 0.3) is 5.78 Å². The number of amides is 1. The second-order valence-corrected chi connectivity index (χ2v) is 9.33. The third-order valence-corrected chi connectivity index (χ3v) is 7.02. The lowest BCUT2D eigenvalue weighted by atomic mass is 9.95. The lowest BCUT2D eigenvalue weighted by molar-refractivity contribution is -0.132. The molecular formula is C27H25FN2O6S. The van der Waals surface area contributed by atoms with Gasteiger partial charge in [0.1, 0.15) is 22.2 Å². The molecule has 0 bridgehead atoms. The molecule has 1 fully saturated rings. The van der Waals surface area contributed by atoms with Crippen molar-refractivity contribution in [1.29, 1.82) is 0 Å². The number of unbranched alkanes of at least 4 members (excludes halogenated alkanes) is 1. The van der Waals surface area contributed by atoms with Crippen LogP contribution in [0.1, 0.15) is 52.3 Å². The van der Waals surface area contributed by atoms with Crippen molar-refractivity contribution in [3.05, 3.63) is 81.6 Å². The molecular weight excluding hydrogens is 499 g/mol. The Morgan fingerprint density at radius 1 is 1.14 bits per heavy atom. The number of halogens is 1. The number of carbonyl (C=O) groups is 3. The van der Waals surface area contributed by atoms with E-state index in [2.05, 4.69) is 11.9 Å². The average Bonchev–Trinajstić information content (AvgIpc) is 3.40. The maximum Gasteiger partial charge on any atom is 0.350 e. The summed E-state index contributed by atoms with van der Waals surface area (Å²) in [5.41, 5.74) is 0.835. The molecule has 0 saturated carbocycles. The molecule has 1 unspecified atom stereocenters. The number of Topliss-reactive ketones (excluding diaryl/α,β-unsaturated/α-hetero) is 1. The SMILES string of the molecule is CCCCOc1ccc(/C(O)=C2/C(=O)C(=O)N(c3nc(C)c(C(=O)OC)s3)C2c2ccc(F)cc2)cc1. The van der Waals surface area contributed by atoms with Crippen molar-refractivity contribution in [3.63, 3.8) is 0 Å². The van der Waals surface area contributed by atoms with E-state index in [1.54, 1.807) is 31.2 Å². The van der Waals surface area contributed by atoms with E-state index in [9.17, 15) is 23.9 Å². The molecule has 1 aliphatic heterocycles. The van der Waals surface area contributed by atoms with Crippen LogP contribution in [0.25, 0.3) is 5.76 Å². The molecule has 0 radical (unpaired) electrons. The fourth-order valence-corrected chi connectivity index (χ4v) is 4.97. The van der Waals surface area contributed by atoms with Crippen LogP contribution in [0.4, 0.5) is 9.52 Å². The maximum atomic E-state index is 13.7. The fourth-order valence-electron chi connectivity index (χ4n) is 3.96. The Morgan fingerprint density at radius 3 is 2.43 bits per heavy atom. The number of aliphatic hydroxyl groups excluding tert-OH is 1. The Balaban J connectivity index is 1.81. The van der Waals surface area contributed by atoms with Gasteiger partial charge in [0.15, 0.2) is 5.13 Å². The quantitative estimate of drug-likeness (QED) is 0.142. The van der Waals surface area contributed by atoms with E-state index in [0.717, 1.165) is 29.1 Å². The van der Waals surface area contributed by atoms with Gasteiger partial charge in [0, 0.05) is 5.56 Å². The summed E-state index contributed by atoms with van der Waals surface area (Å²) in [4.78, 5) is 44.3. The Kier molecular flexibility index (Phi) is 7.68. The fraction of sp³-hybridized carbons (Fsp3) is 0.259. The number of benzene rings is 2. The molecule has 2 aromatic carbocycles. The third kappa shape index (κ3) is 5.10. The Morgan fingerprint density at radius 2 is 1.81 bits per heavy atom. The molecule has 4 rings (SSSR count). The van der Waals surface area contributed by atoms with Gasteiger partial charge in [0.05, 0.1) is 31.0 Å². The molecule has 2 heterocycles. The minimum absolute atomic E-state index is 0.0769. The van der Waals surface area contributed by atoms with Gasteiger partial charge >= 0.3 is 11.9 Å². The van der Waals surface area contributed by atoms with E-state index in [1.165, 1.54) is 31.4 Å². The van der Waals surface area contributed by atoms with Crippen LogP contribution >= 0.6 is 11.3 Å². The molecule has 3 aromatic rings. The van der Waals surface area contributed by atoms with Crippen LogP contribution in [0.15, 0.2) is 54.1 Å². The Labute approximate surface area is 217 Å². The molecule has 0 aliphatic carbocycles. The zero-order valence-electron chi connectivity index (χ0n) is 20.5. The monoisotopic (exact) mass is 524 g/mol. The van der Waals surface area contributed by atoms with Gasteiger partial charge in [-0.3, -0.25) is 14.5 Å². The number of aryl methyl sites for hydroxylation is 1. The summed E-state index contributed by atoms with van der Waals surface area (Å²) in [5, 5.41) is 11.3. The zero-order valence-corrected chi connectivity index (χ0v) is 21.3. The van der Waals surface area contributed by atoms with E-state index in [0.29, 0.717) is 29.2 Å². The Hall–Kier alpha value is -4.05. The predicted molar refractivity (Wildman–Crippen MR) is 136 cm³/mol. The summed E-state index contributed by atoms with van der Waals surface area (Å²) in [6.45, 7) is 4.19. The average molecular weight is 525 g/mol. The van der Waals surface area contributed by atoms with Crippen molar-refractivity contribution < 1.29 is 33.4 Å². The van der Waals surface area contributed by atoms with Crippen molar-refractivity contribution in [2.24, 2.45) is 0 Å². The number of anilines is 1. The van der Waals surface area contributed by atoms with Crippen LogP contribution in [0.3, 0.4) is 0 Å². The van der Waals surface area contributed by atoms with Crippen molar-refractivity contribution in [2.75, 3.05) is 18.6 Å². The van der Waals surface area contributed by atoms with E-state index in [-0.39, 0.29) is 15.6 Å². The lowest BCUT2D eigenvalue weighted by Crippen LogP contribution is -2.29. The van der Waals surface area contributed by atoms with Crippen LogP contribution < -0.4 is 9.64 Å². The number of rotatable bonds is 8. The lowest BCUT2D eigenvalue weighted by Gasteiger charge is -2.23. The molecule has 1 aromatic heterocycles. The van der Waals surface area contributed by atoms with Gasteiger partial charge in [0.2, 0.25) is 0 Å². The first-order valence-corrected chi connectivity index (χ1v) is 12.4. The van der Waals surface area contributed by atoms with Crippen LogP contribution in [0.2, 0.25) is 0 Å². The van der Waals surface area contributed by atoms with Gasteiger partial charge in [-0.15, -0.1) is 0 Å². The maximum absolute atomic E-state index is 13.7. The number of aliphatic hydroxyl groups is 1. The number of hydrogen-bond donors (Lipinski definition) is 1. The van der Waals surface area contributed by atoms with Crippen LogP contribution in [-0.2, 0) is 14.3 Å². The number of ketones is 1. The first kappa shape index (κ1) is 26.0. The second-order valence-electron chi connectivity index (χ2n) is 8.35. The van der Waals surface area contributed by atoms with E-state index < -0.39 is 35.3 Å². The molecule has 37 heavy (non-hydrogen) atoms. The summed E-state index contributed by atoms with van der Waals surface area (Å²) < 4.78 is 24.2. The highest BCUT2D eigenvalue weighted by Crippen LogP contribution is 2.44. The summed E-state index contributed by atoms with van der Waals surface area (Å²) in [7, 11) is 1.23. The number of hydrogen-bond acceptors (Lipinski definition) is 8. The van der Waals surface area contributed by atoms with E-state index in [4.69, 9.17) is 9.47 Å². The molecule has 1 saturated heterocycles. The highest BCUT2D eigenvalue weighted by Gasteiger charge is 2.48. The van der Waals surface area contributed by atoms with Crippen molar-refractivity contribution in [1.82, 2.24) is 4.98 Å².